The van der Waals surface area contributed by atoms with Crippen LogP contribution in [0.3, 0.4) is 0 Å². The number of carbonyl (C=O) groups is 1. The molecule has 0 unspecified atom stereocenters. The van der Waals surface area contributed by atoms with Crippen molar-refractivity contribution < 1.29 is 4.79 Å². The molecule has 0 radical (unpaired) electrons. The molecule has 0 fully saturated rings. The number of rotatable bonds is 4. The summed E-state index contributed by atoms with van der Waals surface area (Å²) in [5.74, 6) is 1.20. The Kier molecular flexibility index (Phi) is 7.41. The largest absolute Gasteiger partial charge is 0.326 e. The van der Waals surface area contributed by atoms with Crippen LogP contribution in [0.2, 0.25) is 0 Å². The Bertz CT molecular complexity index is 569. The summed E-state index contributed by atoms with van der Waals surface area (Å²) >= 11 is 1.63. The van der Waals surface area contributed by atoms with Crippen LogP contribution in [0, 0.1) is 5.92 Å². The number of hydrogen-bond donors (Lipinski definition) is 2. The molecule has 0 bridgehead atoms. The van der Waals surface area contributed by atoms with Gasteiger partial charge in [-0.1, -0.05) is 37.7 Å². The minimum Gasteiger partial charge on any atom is -0.326 e. The molecule has 0 saturated heterocycles. The van der Waals surface area contributed by atoms with Gasteiger partial charge in [-0.25, -0.2) is 0 Å². The summed E-state index contributed by atoms with van der Waals surface area (Å²) < 4.78 is 0. The van der Waals surface area contributed by atoms with E-state index in [1.165, 1.54) is 0 Å². The number of benzene rings is 1. The number of anilines is 1. The van der Waals surface area contributed by atoms with Gasteiger partial charge in [0, 0.05) is 24.9 Å². The number of amides is 1. The molecule has 0 saturated carbocycles. The maximum atomic E-state index is 11.7. The fraction of sp³-hybridized carbons (Fsp3) is 0.400. The van der Waals surface area contributed by atoms with E-state index in [0.29, 0.717) is 12.3 Å². The molecule has 7 heteroatoms. The summed E-state index contributed by atoms with van der Waals surface area (Å²) in [5.41, 5.74) is 5.76. The van der Waals surface area contributed by atoms with Crippen LogP contribution < -0.4 is 10.7 Å². The first-order valence-corrected chi connectivity index (χ1v) is 7.89. The van der Waals surface area contributed by atoms with Gasteiger partial charge in [0.05, 0.1) is 5.71 Å². The van der Waals surface area contributed by atoms with Crippen molar-refractivity contribution in [2.45, 2.75) is 20.3 Å². The lowest BCUT2D eigenvalue weighted by Gasteiger charge is -2.14. The molecule has 1 aliphatic heterocycles. The second-order valence-corrected chi connectivity index (χ2v) is 6.18. The van der Waals surface area contributed by atoms with Gasteiger partial charge in [0.15, 0.2) is 5.17 Å². The van der Waals surface area contributed by atoms with E-state index in [-0.39, 0.29) is 18.3 Å². The third-order valence-electron chi connectivity index (χ3n) is 2.93. The third kappa shape index (κ3) is 5.35. The van der Waals surface area contributed by atoms with Gasteiger partial charge in [-0.15, -0.1) is 12.4 Å². The Hall–Kier alpha value is -1.53. The molecular formula is C15H21ClN4OS. The molecule has 0 aromatic heterocycles. The number of thioether (sulfide) groups is 1. The highest BCUT2D eigenvalue weighted by atomic mass is 35.5. The zero-order valence-electron chi connectivity index (χ0n) is 12.9. The highest BCUT2D eigenvalue weighted by Gasteiger charge is 2.12. The summed E-state index contributed by atoms with van der Waals surface area (Å²) in [6, 6.07) is 7.76. The molecular weight excluding hydrogens is 320 g/mol. The Morgan fingerprint density at radius 3 is 2.59 bits per heavy atom. The summed E-state index contributed by atoms with van der Waals surface area (Å²) in [6.45, 7) is 4.06. The molecule has 22 heavy (non-hydrogen) atoms. The van der Waals surface area contributed by atoms with E-state index in [1.807, 2.05) is 38.1 Å². The number of aliphatic imine (C=N–C) groups is 1. The first-order valence-electron chi connectivity index (χ1n) is 6.91. The summed E-state index contributed by atoms with van der Waals surface area (Å²) in [6.07, 6.45) is 0.536. The number of nitrogens with zero attached hydrogens (tertiary/aromatic N) is 2. The van der Waals surface area contributed by atoms with Crippen LogP contribution in [0.25, 0.3) is 0 Å². The summed E-state index contributed by atoms with van der Waals surface area (Å²) in [5, 5.41) is 8.04. The molecule has 120 valence electrons. The highest BCUT2D eigenvalue weighted by Crippen LogP contribution is 2.16. The maximum absolute atomic E-state index is 11.7. The van der Waals surface area contributed by atoms with Crippen LogP contribution in [-0.2, 0) is 4.79 Å². The molecule has 0 atom stereocenters. The normalized spacial score (nSPS) is 15.8. The van der Waals surface area contributed by atoms with Crippen LogP contribution in [0.1, 0.15) is 25.8 Å². The molecule has 2 rings (SSSR count). The zero-order chi connectivity index (χ0) is 15.2. The van der Waals surface area contributed by atoms with E-state index in [9.17, 15) is 4.79 Å². The number of halogens is 1. The standard InChI is InChI=1S/C15H20N4OS.ClH/c1-10(2)8-14(20)17-12-6-4-11(5-7-12)13-9-21-15(16-3)19-18-13;/h4-7,10H,8-9H2,1-3H3,(H,16,19)(H,17,20);1H. The van der Waals surface area contributed by atoms with Gasteiger partial charge in [-0.2, -0.15) is 5.10 Å². The van der Waals surface area contributed by atoms with E-state index in [2.05, 4.69) is 20.8 Å². The summed E-state index contributed by atoms with van der Waals surface area (Å²) in [4.78, 5) is 15.8. The predicted molar refractivity (Wildman–Crippen MR) is 97.3 cm³/mol. The molecule has 0 spiro atoms. The van der Waals surface area contributed by atoms with Gasteiger partial charge < -0.3 is 5.32 Å². The average molecular weight is 341 g/mol. The van der Waals surface area contributed by atoms with E-state index in [1.54, 1.807) is 18.8 Å². The molecule has 1 aromatic carbocycles. The molecule has 1 aliphatic rings. The molecule has 0 aliphatic carbocycles. The van der Waals surface area contributed by atoms with E-state index < -0.39 is 0 Å². The first-order chi connectivity index (χ1) is 10.1. The topological polar surface area (TPSA) is 65.8 Å². The van der Waals surface area contributed by atoms with Crippen LogP contribution in [0.5, 0.6) is 0 Å². The van der Waals surface area contributed by atoms with E-state index >= 15 is 0 Å². The van der Waals surface area contributed by atoms with Crippen molar-refractivity contribution >= 4 is 46.6 Å². The fourth-order valence-electron chi connectivity index (χ4n) is 1.91. The minimum absolute atomic E-state index is 0. The Morgan fingerprint density at radius 1 is 1.41 bits per heavy atom. The van der Waals surface area contributed by atoms with Crippen molar-refractivity contribution in [3.8, 4) is 0 Å². The lowest BCUT2D eigenvalue weighted by atomic mass is 10.1. The number of amidine groups is 1. The van der Waals surface area contributed by atoms with E-state index in [0.717, 1.165) is 27.9 Å². The van der Waals surface area contributed by atoms with E-state index in [4.69, 9.17) is 0 Å². The molecule has 2 N–H and O–H groups in total. The fourth-order valence-corrected chi connectivity index (χ4v) is 2.65. The van der Waals surface area contributed by atoms with Gasteiger partial charge in [-0.05, 0) is 23.6 Å². The minimum atomic E-state index is 0. The number of hydrogen-bond acceptors (Lipinski definition) is 4. The van der Waals surface area contributed by atoms with Gasteiger partial charge in [0.1, 0.15) is 0 Å². The van der Waals surface area contributed by atoms with Crippen molar-refractivity contribution in [3.05, 3.63) is 29.8 Å². The average Bonchev–Trinajstić information content (AvgIpc) is 2.47. The Balaban J connectivity index is 0.00000242. The van der Waals surface area contributed by atoms with Gasteiger partial charge in [-0.3, -0.25) is 15.2 Å². The highest BCUT2D eigenvalue weighted by molar-refractivity contribution is 8.14. The zero-order valence-corrected chi connectivity index (χ0v) is 14.6. The van der Waals surface area contributed by atoms with Crippen LogP contribution in [0.4, 0.5) is 5.69 Å². The smallest absolute Gasteiger partial charge is 0.224 e. The Labute approximate surface area is 141 Å². The SMILES string of the molecule is CN=C1NN=C(c2ccc(NC(=O)CC(C)C)cc2)CS1.Cl. The lowest BCUT2D eigenvalue weighted by molar-refractivity contribution is -0.116. The van der Waals surface area contributed by atoms with Crippen LogP contribution >= 0.6 is 24.2 Å². The van der Waals surface area contributed by atoms with Crippen LogP contribution in [0.15, 0.2) is 34.4 Å². The van der Waals surface area contributed by atoms with Crippen molar-refractivity contribution in [1.82, 2.24) is 5.43 Å². The second kappa shape index (κ2) is 8.80. The van der Waals surface area contributed by atoms with Gasteiger partial charge >= 0.3 is 0 Å². The molecule has 1 amide bonds. The lowest BCUT2D eigenvalue weighted by Crippen LogP contribution is -2.25. The van der Waals surface area contributed by atoms with Gasteiger partial charge in [0.2, 0.25) is 5.91 Å². The number of nitrogens with one attached hydrogen (secondary N) is 2. The first kappa shape index (κ1) is 18.5. The third-order valence-corrected chi connectivity index (χ3v) is 3.90. The second-order valence-electron chi connectivity index (χ2n) is 5.21. The number of hydrazone groups is 1. The van der Waals surface area contributed by atoms with Gasteiger partial charge in [0.25, 0.3) is 0 Å². The van der Waals surface area contributed by atoms with Crippen LogP contribution in [-0.4, -0.2) is 29.6 Å². The monoisotopic (exact) mass is 340 g/mol. The van der Waals surface area contributed by atoms with Crippen molar-refractivity contribution in [1.29, 1.82) is 0 Å². The van der Waals surface area contributed by atoms with Crippen molar-refractivity contribution in [3.63, 3.8) is 0 Å². The predicted octanol–water partition coefficient (Wildman–Crippen LogP) is 3.12. The Morgan fingerprint density at radius 2 is 2.09 bits per heavy atom. The molecule has 5 nitrogen and oxygen atoms in total. The molecule has 1 heterocycles. The molecule has 1 aromatic rings. The summed E-state index contributed by atoms with van der Waals surface area (Å²) in [7, 11) is 1.74. The number of carbonyl (C=O) groups excluding carboxylic acids is 1. The van der Waals surface area contributed by atoms with Crippen molar-refractivity contribution in [2.75, 3.05) is 18.1 Å². The quantitative estimate of drug-likeness (QED) is 0.885. The maximum Gasteiger partial charge on any atom is 0.224 e. The van der Waals surface area contributed by atoms with Crippen molar-refractivity contribution in [2.24, 2.45) is 16.0 Å².